The standard InChI is InChI=1S/C10H16N2O6S/c1-2-18-9(14)5-6-19(16,17)12-7-3-4-8(13)11-10(7)15/h7,12H,2-6H2,1H3,(H,11,13,15). The highest BCUT2D eigenvalue weighted by Gasteiger charge is 2.30. The first-order valence-corrected chi connectivity index (χ1v) is 7.48. The van der Waals surface area contributed by atoms with E-state index in [-0.39, 0.29) is 25.9 Å². The Kier molecular flexibility index (Phi) is 5.43. The molecular formula is C10H16N2O6S. The average molecular weight is 292 g/mol. The van der Waals surface area contributed by atoms with Gasteiger partial charge < -0.3 is 4.74 Å². The van der Waals surface area contributed by atoms with Crippen molar-refractivity contribution in [1.82, 2.24) is 10.0 Å². The number of rotatable bonds is 6. The van der Waals surface area contributed by atoms with Crippen molar-refractivity contribution in [3.8, 4) is 0 Å². The summed E-state index contributed by atoms with van der Waals surface area (Å²) in [4.78, 5) is 33.3. The highest BCUT2D eigenvalue weighted by molar-refractivity contribution is 7.89. The summed E-state index contributed by atoms with van der Waals surface area (Å²) < 4.78 is 30.1. The molecule has 1 heterocycles. The van der Waals surface area contributed by atoms with E-state index < -0.39 is 39.6 Å². The molecule has 1 aliphatic rings. The molecule has 9 heteroatoms. The first-order valence-electron chi connectivity index (χ1n) is 5.83. The van der Waals surface area contributed by atoms with Gasteiger partial charge in [0.15, 0.2) is 0 Å². The predicted octanol–water partition coefficient (Wildman–Crippen LogP) is -1.34. The van der Waals surface area contributed by atoms with Gasteiger partial charge in [0.25, 0.3) is 0 Å². The van der Waals surface area contributed by atoms with E-state index in [4.69, 9.17) is 0 Å². The summed E-state index contributed by atoms with van der Waals surface area (Å²) >= 11 is 0. The van der Waals surface area contributed by atoms with Crippen molar-refractivity contribution in [3.63, 3.8) is 0 Å². The molecule has 19 heavy (non-hydrogen) atoms. The predicted molar refractivity (Wildman–Crippen MR) is 64.3 cm³/mol. The number of ether oxygens (including phenoxy) is 1. The Morgan fingerprint density at radius 2 is 2.16 bits per heavy atom. The van der Waals surface area contributed by atoms with Crippen molar-refractivity contribution < 1.29 is 27.5 Å². The van der Waals surface area contributed by atoms with Crippen LogP contribution in [-0.2, 0) is 29.1 Å². The van der Waals surface area contributed by atoms with Crippen molar-refractivity contribution in [2.75, 3.05) is 12.4 Å². The number of esters is 1. The van der Waals surface area contributed by atoms with Crippen LogP contribution < -0.4 is 10.0 Å². The normalized spacial score (nSPS) is 19.9. The van der Waals surface area contributed by atoms with Crippen molar-refractivity contribution in [3.05, 3.63) is 0 Å². The lowest BCUT2D eigenvalue weighted by molar-refractivity contribution is -0.142. The topological polar surface area (TPSA) is 119 Å². The zero-order valence-electron chi connectivity index (χ0n) is 10.5. The van der Waals surface area contributed by atoms with Gasteiger partial charge in [-0.1, -0.05) is 0 Å². The summed E-state index contributed by atoms with van der Waals surface area (Å²) in [7, 11) is -3.77. The quantitative estimate of drug-likeness (QED) is 0.462. The van der Waals surface area contributed by atoms with E-state index >= 15 is 0 Å². The minimum atomic E-state index is -3.77. The van der Waals surface area contributed by atoms with Gasteiger partial charge in [-0.25, -0.2) is 13.1 Å². The fourth-order valence-corrected chi connectivity index (χ4v) is 2.74. The molecule has 8 nitrogen and oxygen atoms in total. The number of carbonyl (C=O) groups excluding carboxylic acids is 3. The Bertz CT molecular complexity index is 472. The van der Waals surface area contributed by atoms with Crippen LogP contribution in [0.4, 0.5) is 0 Å². The summed E-state index contributed by atoms with van der Waals surface area (Å²) in [5.41, 5.74) is 0. The SMILES string of the molecule is CCOC(=O)CCS(=O)(=O)NC1CCC(=O)NC1=O. The second kappa shape index (κ2) is 6.62. The van der Waals surface area contributed by atoms with Crippen molar-refractivity contribution in [2.45, 2.75) is 32.2 Å². The maximum Gasteiger partial charge on any atom is 0.306 e. The zero-order valence-corrected chi connectivity index (χ0v) is 11.3. The number of nitrogens with one attached hydrogen (secondary N) is 2. The van der Waals surface area contributed by atoms with Crippen LogP contribution in [0.15, 0.2) is 0 Å². The third-order valence-corrected chi connectivity index (χ3v) is 3.83. The van der Waals surface area contributed by atoms with E-state index in [1.807, 2.05) is 5.32 Å². The Morgan fingerprint density at radius 3 is 2.74 bits per heavy atom. The second-order valence-electron chi connectivity index (χ2n) is 4.00. The summed E-state index contributed by atoms with van der Waals surface area (Å²) in [6.07, 6.45) is -0.0868. The molecule has 0 aliphatic carbocycles. The van der Waals surface area contributed by atoms with Gasteiger partial charge in [-0.2, -0.15) is 0 Å². The minimum absolute atomic E-state index is 0.0802. The molecule has 0 saturated carbocycles. The fourth-order valence-electron chi connectivity index (χ4n) is 1.53. The van der Waals surface area contributed by atoms with Crippen LogP contribution in [0.2, 0.25) is 0 Å². The van der Waals surface area contributed by atoms with Gasteiger partial charge in [-0.05, 0) is 13.3 Å². The minimum Gasteiger partial charge on any atom is -0.466 e. The molecule has 1 fully saturated rings. The first-order chi connectivity index (χ1) is 8.84. The van der Waals surface area contributed by atoms with Crippen LogP contribution in [0.5, 0.6) is 0 Å². The van der Waals surface area contributed by atoms with Crippen LogP contribution in [0.25, 0.3) is 0 Å². The van der Waals surface area contributed by atoms with Crippen molar-refractivity contribution in [1.29, 1.82) is 0 Å². The van der Waals surface area contributed by atoms with Crippen LogP contribution >= 0.6 is 0 Å². The first kappa shape index (κ1) is 15.6. The van der Waals surface area contributed by atoms with Gasteiger partial charge in [-0.3, -0.25) is 19.7 Å². The number of amides is 2. The second-order valence-corrected chi connectivity index (χ2v) is 5.87. The zero-order chi connectivity index (χ0) is 14.5. The molecule has 0 aromatic rings. The largest absolute Gasteiger partial charge is 0.466 e. The van der Waals surface area contributed by atoms with Crippen LogP contribution in [-0.4, -0.2) is 44.6 Å². The van der Waals surface area contributed by atoms with Crippen LogP contribution in [0, 0.1) is 0 Å². The van der Waals surface area contributed by atoms with E-state index in [2.05, 4.69) is 9.46 Å². The molecule has 0 spiro atoms. The Labute approximate surface area is 110 Å². The van der Waals surface area contributed by atoms with Crippen LogP contribution in [0.3, 0.4) is 0 Å². The molecule has 108 valence electrons. The smallest absolute Gasteiger partial charge is 0.306 e. The van der Waals surface area contributed by atoms with Crippen molar-refractivity contribution in [2.24, 2.45) is 0 Å². The monoisotopic (exact) mass is 292 g/mol. The number of imide groups is 1. The highest BCUT2D eigenvalue weighted by Crippen LogP contribution is 2.06. The molecule has 1 saturated heterocycles. The summed E-state index contributed by atoms with van der Waals surface area (Å²) in [5.74, 6) is -2.16. The lowest BCUT2D eigenvalue weighted by Gasteiger charge is -2.21. The molecule has 0 aromatic carbocycles. The van der Waals surface area contributed by atoms with E-state index in [9.17, 15) is 22.8 Å². The number of sulfonamides is 1. The number of piperidine rings is 1. The van der Waals surface area contributed by atoms with Gasteiger partial charge in [0, 0.05) is 6.42 Å². The molecule has 2 N–H and O–H groups in total. The molecule has 1 unspecified atom stereocenters. The summed E-state index contributed by atoms with van der Waals surface area (Å²) in [5, 5.41) is 2.04. The number of carbonyl (C=O) groups is 3. The summed E-state index contributed by atoms with van der Waals surface area (Å²) in [6.45, 7) is 1.80. The molecule has 0 aromatic heterocycles. The van der Waals surface area contributed by atoms with E-state index in [0.29, 0.717) is 0 Å². The Morgan fingerprint density at radius 1 is 1.47 bits per heavy atom. The summed E-state index contributed by atoms with van der Waals surface area (Å²) in [6, 6.07) is -0.968. The van der Waals surface area contributed by atoms with E-state index in [1.54, 1.807) is 6.92 Å². The molecule has 2 amide bonds. The van der Waals surface area contributed by atoms with E-state index in [0.717, 1.165) is 0 Å². The fraction of sp³-hybridized carbons (Fsp3) is 0.700. The molecule has 0 radical (unpaired) electrons. The lowest BCUT2D eigenvalue weighted by atomic mass is 10.1. The molecular weight excluding hydrogens is 276 g/mol. The number of hydrogen-bond acceptors (Lipinski definition) is 6. The molecule has 1 rings (SSSR count). The van der Waals surface area contributed by atoms with Gasteiger partial charge in [0.05, 0.1) is 18.8 Å². The van der Waals surface area contributed by atoms with E-state index in [1.165, 1.54) is 0 Å². The van der Waals surface area contributed by atoms with Crippen LogP contribution in [0.1, 0.15) is 26.2 Å². The Balaban J connectivity index is 2.48. The molecule has 0 bridgehead atoms. The van der Waals surface area contributed by atoms with Gasteiger partial charge in [0.2, 0.25) is 21.8 Å². The average Bonchev–Trinajstić information content (AvgIpc) is 2.31. The number of hydrogen-bond donors (Lipinski definition) is 2. The Hall–Kier alpha value is -1.48. The maximum absolute atomic E-state index is 11.7. The van der Waals surface area contributed by atoms with Crippen molar-refractivity contribution >= 4 is 27.8 Å². The highest BCUT2D eigenvalue weighted by atomic mass is 32.2. The third kappa shape index (κ3) is 5.35. The third-order valence-electron chi connectivity index (χ3n) is 2.44. The molecule has 1 aliphatic heterocycles. The molecule has 1 atom stereocenters. The lowest BCUT2D eigenvalue weighted by Crippen LogP contribution is -2.52. The van der Waals surface area contributed by atoms with Gasteiger partial charge in [-0.15, -0.1) is 0 Å². The maximum atomic E-state index is 11.7. The van der Waals surface area contributed by atoms with Gasteiger partial charge in [0.1, 0.15) is 6.04 Å². The van der Waals surface area contributed by atoms with Gasteiger partial charge >= 0.3 is 5.97 Å².